The molecule has 2 aromatic rings. The Morgan fingerprint density at radius 3 is 3.08 bits per heavy atom. The molecule has 2 heterocycles. The van der Waals surface area contributed by atoms with Crippen molar-refractivity contribution in [2.24, 2.45) is 0 Å². The Morgan fingerprint density at radius 2 is 2.50 bits per heavy atom. The molecule has 0 atom stereocenters. The van der Waals surface area contributed by atoms with Gasteiger partial charge >= 0.3 is 73.5 Å². The zero-order valence-electron chi connectivity index (χ0n) is 6.29. The fourth-order valence-corrected chi connectivity index (χ4v) is 2.74. The molecule has 5 heteroatoms. The quantitative estimate of drug-likeness (QED) is 0.704. The van der Waals surface area contributed by atoms with Gasteiger partial charge in [0.15, 0.2) is 0 Å². The van der Waals surface area contributed by atoms with Crippen molar-refractivity contribution in [3.8, 4) is 0 Å². The molecule has 0 saturated heterocycles. The van der Waals surface area contributed by atoms with Gasteiger partial charge in [-0.2, -0.15) is 0 Å². The number of H-pyrrole nitrogens is 1. The molecule has 0 spiro atoms. The molecule has 2 rings (SSSR count). The van der Waals surface area contributed by atoms with Crippen molar-refractivity contribution in [1.29, 1.82) is 0 Å². The van der Waals surface area contributed by atoms with Gasteiger partial charge in [0.1, 0.15) is 0 Å². The van der Waals surface area contributed by atoms with Crippen molar-refractivity contribution in [3.63, 3.8) is 0 Å². The van der Waals surface area contributed by atoms with Crippen LogP contribution in [0.15, 0.2) is 6.07 Å². The standard InChI is InChI=1S/C7H6N2O2Se/c1-3-8-4-2-5(7(10)11)9-6(4)12-3/h2,9H,1H3,(H,10,11). The van der Waals surface area contributed by atoms with Crippen molar-refractivity contribution in [3.05, 3.63) is 16.3 Å². The summed E-state index contributed by atoms with van der Waals surface area (Å²) in [5, 5.41) is 8.64. The number of aromatic amines is 1. The summed E-state index contributed by atoms with van der Waals surface area (Å²) in [4.78, 5) is 17.6. The number of aromatic nitrogens is 2. The first kappa shape index (κ1) is 7.58. The molecule has 0 saturated carbocycles. The minimum absolute atomic E-state index is 0.197. The molecule has 0 aliphatic carbocycles. The van der Waals surface area contributed by atoms with E-state index in [2.05, 4.69) is 9.97 Å². The summed E-state index contributed by atoms with van der Waals surface area (Å²) in [5.74, 6) is -0.923. The predicted octanol–water partition coefficient (Wildman–Crippen LogP) is 0.627. The zero-order valence-corrected chi connectivity index (χ0v) is 8.00. The SMILES string of the molecule is Cc1nc2cc(C(=O)O)[nH]c2[se]1. The fraction of sp³-hybridized carbons (Fsp3) is 0.143. The van der Waals surface area contributed by atoms with E-state index in [-0.39, 0.29) is 20.2 Å². The summed E-state index contributed by atoms with van der Waals surface area (Å²) in [5.41, 5.74) is 1.03. The van der Waals surface area contributed by atoms with Crippen molar-refractivity contribution >= 4 is 30.4 Å². The van der Waals surface area contributed by atoms with Crippen LogP contribution in [0.4, 0.5) is 0 Å². The average molecular weight is 229 g/mol. The minimum atomic E-state index is -0.923. The number of carboxylic acids is 1. The maximum atomic E-state index is 10.5. The number of nitrogens with zero attached hydrogens (tertiary/aromatic N) is 1. The van der Waals surface area contributed by atoms with Crippen molar-refractivity contribution < 1.29 is 9.90 Å². The van der Waals surface area contributed by atoms with Crippen LogP contribution >= 0.6 is 0 Å². The molecule has 0 bridgehead atoms. The number of hydrogen-bond donors (Lipinski definition) is 2. The van der Waals surface area contributed by atoms with Gasteiger partial charge < -0.3 is 0 Å². The molecule has 0 radical (unpaired) electrons. The van der Waals surface area contributed by atoms with Crippen LogP contribution in [0.3, 0.4) is 0 Å². The number of hydrogen-bond acceptors (Lipinski definition) is 2. The third kappa shape index (κ3) is 1.07. The number of fused-ring (bicyclic) bond motifs is 1. The molecule has 2 N–H and O–H groups in total. The molecular weight excluding hydrogens is 223 g/mol. The van der Waals surface area contributed by atoms with Crippen LogP contribution in [0, 0.1) is 6.92 Å². The Morgan fingerprint density at radius 1 is 1.75 bits per heavy atom. The van der Waals surface area contributed by atoms with Crippen LogP contribution in [0.1, 0.15) is 15.1 Å². The van der Waals surface area contributed by atoms with E-state index in [1.165, 1.54) is 0 Å². The molecule has 0 unspecified atom stereocenters. The van der Waals surface area contributed by atoms with Gasteiger partial charge in [0, 0.05) is 0 Å². The molecule has 0 aliphatic rings. The Labute approximate surface area is 74.0 Å². The van der Waals surface area contributed by atoms with E-state index in [4.69, 9.17) is 5.11 Å². The number of aromatic carboxylic acids is 1. The van der Waals surface area contributed by atoms with Gasteiger partial charge in [-0.15, -0.1) is 0 Å². The number of nitrogens with one attached hydrogen (secondary N) is 1. The monoisotopic (exact) mass is 230 g/mol. The molecular formula is C7H6N2O2Se. The van der Waals surface area contributed by atoms with E-state index in [1.807, 2.05) is 6.92 Å². The summed E-state index contributed by atoms with van der Waals surface area (Å²) < 4.78 is 2.05. The third-order valence-electron chi connectivity index (χ3n) is 1.52. The Hall–Kier alpha value is -1.06. The van der Waals surface area contributed by atoms with Gasteiger partial charge in [-0.3, -0.25) is 0 Å². The second kappa shape index (κ2) is 2.47. The molecule has 0 aromatic carbocycles. The van der Waals surface area contributed by atoms with E-state index in [1.54, 1.807) is 6.07 Å². The summed E-state index contributed by atoms with van der Waals surface area (Å²) in [6.45, 7) is 1.95. The normalized spacial score (nSPS) is 10.8. The van der Waals surface area contributed by atoms with Gasteiger partial charge in [0.2, 0.25) is 0 Å². The van der Waals surface area contributed by atoms with Crippen LogP contribution in [-0.2, 0) is 0 Å². The molecule has 0 amide bonds. The third-order valence-corrected chi connectivity index (χ3v) is 3.41. The zero-order chi connectivity index (χ0) is 8.72. The molecule has 0 fully saturated rings. The molecule has 62 valence electrons. The summed E-state index contributed by atoms with van der Waals surface area (Å²) in [7, 11) is 0. The molecule has 0 aliphatic heterocycles. The number of rotatable bonds is 1. The summed E-state index contributed by atoms with van der Waals surface area (Å²) in [6, 6.07) is 1.58. The van der Waals surface area contributed by atoms with E-state index >= 15 is 0 Å². The second-order valence-electron chi connectivity index (χ2n) is 2.44. The van der Waals surface area contributed by atoms with Crippen LogP contribution in [-0.4, -0.2) is 35.5 Å². The molecule has 4 nitrogen and oxygen atoms in total. The van der Waals surface area contributed by atoms with Crippen LogP contribution in [0.25, 0.3) is 9.91 Å². The first-order valence-corrected chi connectivity index (χ1v) is 5.07. The number of aryl methyl sites for hydroxylation is 1. The number of carbonyl (C=O) groups is 1. The van der Waals surface area contributed by atoms with Gasteiger partial charge in [-0.1, -0.05) is 0 Å². The summed E-state index contributed by atoms with van der Waals surface area (Å²) in [6.07, 6.45) is 0. The number of carboxylic acid groups (broad SMARTS) is 1. The van der Waals surface area contributed by atoms with E-state index in [0.717, 1.165) is 14.5 Å². The van der Waals surface area contributed by atoms with Crippen molar-refractivity contribution in [2.75, 3.05) is 0 Å². The summed E-state index contributed by atoms with van der Waals surface area (Å²) >= 11 is 0.197. The topological polar surface area (TPSA) is 66.0 Å². The average Bonchev–Trinajstić information content (AvgIpc) is 2.42. The van der Waals surface area contributed by atoms with Gasteiger partial charge in [-0.25, -0.2) is 0 Å². The van der Waals surface area contributed by atoms with Crippen molar-refractivity contribution in [1.82, 2.24) is 9.97 Å². The van der Waals surface area contributed by atoms with Crippen molar-refractivity contribution in [2.45, 2.75) is 6.92 Å². The van der Waals surface area contributed by atoms with Crippen LogP contribution in [0.5, 0.6) is 0 Å². The van der Waals surface area contributed by atoms with Gasteiger partial charge in [0.25, 0.3) is 0 Å². The predicted molar refractivity (Wildman–Crippen MR) is 44.7 cm³/mol. The first-order valence-electron chi connectivity index (χ1n) is 3.36. The van der Waals surface area contributed by atoms with Crippen LogP contribution < -0.4 is 0 Å². The maximum absolute atomic E-state index is 10.5. The van der Waals surface area contributed by atoms with Crippen LogP contribution in [0.2, 0.25) is 0 Å². The Bertz CT molecular complexity index is 412. The molecule has 12 heavy (non-hydrogen) atoms. The fourth-order valence-electron chi connectivity index (χ4n) is 1.04. The molecule has 2 aromatic heterocycles. The van der Waals surface area contributed by atoms with E-state index in [9.17, 15) is 4.79 Å². The Kier molecular flexibility index (Phi) is 1.56. The van der Waals surface area contributed by atoms with E-state index < -0.39 is 5.97 Å². The van der Waals surface area contributed by atoms with Gasteiger partial charge in [-0.05, 0) is 0 Å². The van der Waals surface area contributed by atoms with E-state index in [0.29, 0.717) is 0 Å². The first-order chi connectivity index (χ1) is 5.66. The van der Waals surface area contributed by atoms with Gasteiger partial charge in [0.05, 0.1) is 0 Å². The second-order valence-corrected chi connectivity index (χ2v) is 4.96. The Balaban J connectivity index is 2.64.